The molecule has 1 unspecified atom stereocenters. The van der Waals surface area contributed by atoms with Crippen molar-refractivity contribution in [2.75, 3.05) is 0 Å². The predicted molar refractivity (Wildman–Crippen MR) is 61.9 cm³/mol. The van der Waals surface area contributed by atoms with Gasteiger partial charge in [0.05, 0.1) is 6.10 Å². The van der Waals surface area contributed by atoms with Gasteiger partial charge in [-0.15, -0.1) is 0 Å². The summed E-state index contributed by atoms with van der Waals surface area (Å²) in [6.45, 7) is 1.92. The molecule has 1 N–H and O–H groups in total. The van der Waals surface area contributed by atoms with Crippen LogP contribution in [0.5, 0.6) is 0 Å². The lowest BCUT2D eigenvalue weighted by molar-refractivity contribution is 0.177. The van der Waals surface area contributed by atoms with Gasteiger partial charge in [-0.2, -0.15) is 0 Å². The van der Waals surface area contributed by atoms with E-state index in [0.29, 0.717) is 6.42 Å². The molecule has 82 valence electrons. The molecule has 0 bridgehead atoms. The lowest BCUT2D eigenvalue weighted by Gasteiger charge is -2.10. The first-order chi connectivity index (χ1) is 7.75. The molecule has 0 aliphatic rings. The van der Waals surface area contributed by atoms with Crippen LogP contribution in [0.4, 0.5) is 0 Å². The first-order valence-corrected chi connectivity index (χ1v) is 5.26. The fraction of sp³-hybridized carbons (Fsp3) is 0.231. The molecule has 0 aliphatic carbocycles. The Balaban J connectivity index is 2.11. The molecule has 3 nitrogen and oxygen atoms in total. The zero-order valence-corrected chi connectivity index (χ0v) is 9.17. The molecule has 0 saturated heterocycles. The second-order valence-corrected chi connectivity index (χ2v) is 3.78. The van der Waals surface area contributed by atoms with E-state index >= 15 is 0 Å². The number of benzene rings is 1. The molecular weight excluding hydrogens is 200 g/mol. The number of nitrogens with zero attached hydrogens (tertiary/aromatic N) is 2. The largest absolute Gasteiger partial charge is 0.388 e. The summed E-state index contributed by atoms with van der Waals surface area (Å²) in [6, 6.07) is 11.5. The minimum absolute atomic E-state index is 0.504. The topological polar surface area (TPSA) is 46.0 Å². The molecule has 0 spiro atoms. The summed E-state index contributed by atoms with van der Waals surface area (Å²) in [4.78, 5) is 8.16. The van der Waals surface area contributed by atoms with Crippen LogP contribution in [0, 0.1) is 6.92 Å². The van der Waals surface area contributed by atoms with Crippen molar-refractivity contribution in [2.45, 2.75) is 19.4 Å². The van der Waals surface area contributed by atoms with Gasteiger partial charge in [0.15, 0.2) is 0 Å². The van der Waals surface area contributed by atoms with Crippen LogP contribution in [0.1, 0.15) is 23.1 Å². The zero-order chi connectivity index (χ0) is 11.4. The minimum atomic E-state index is -0.504. The second kappa shape index (κ2) is 4.86. The predicted octanol–water partition coefficient (Wildman–Crippen LogP) is 2.06. The summed E-state index contributed by atoms with van der Waals surface area (Å²) in [6.07, 6.45) is 1.55. The van der Waals surface area contributed by atoms with Gasteiger partial charge in [0.2, 0.25) is 0 Å². The summed E-state index contributed by atoms with van der Waals surface area (Å²) in [7, 11) is 0. The third kappa shape index (κ3) is 2.64. The number of hydrogen-bond donors (Lipinski definition) is 1. The van der Waals surface area contributed by atoms with Crippen LogP contribution in [-0.4, -0.2) is 15.1 Å². The lowest BCUT2D eigenvalue weighted by atomic mass is 10.0. The molecule has 3 heteroatoms. The minimum Gasteiger partial charge on any atom is -0.388 e. The molecule has 0 aliphatic heterocycles. The highest BCUT2D eigenvalue weighted by molar-refractivity contribution is 5.19. The molecule has 1 heterocycles. The molecule has 2 rings (SSSR count). The highest BCUT2D eigenvalue weighted by atomic mass is 16.3. The Bertz CT molecular complexity index is 456. The van der Waals surface area contributed by atoms with Gasteiger partial charge in [0.25, 0.3) is 0 Å². The van der Waals surface area contributed by atoms with E-state index in [9.17, 15) is 5.11 Å². The molecule has 1 aromatic carbocycles. The van der Waals surface area contributed by atoms with Crippen molar-refractivity contribution >= 4 is 0 Å². The molecule has 0 amide bonds. The van der Waals surface area contributed by atoms with Crippen LogP contribution >= 0.6 is 0 Å². The van der Waals surface area contributed by atoms with Gasteiger partial charge < -0.3 is 5.11 Å². The molecule has 0 fully saturated rings. The third-order valence-corrected chi connectivity index (χ3v) is 2.45. The van der Waals surface area contributed by atoms with Crippen molar-refractivity contribution in [3.8, 4) is 0 Å². The van der Waals surface area contributed by atoms with Crippen LogP contribution in [0.3, 0.4) is 0 Å². The van der Waals surface area contributed by atoms with Crippen molar-refractivity contribution < 1.29 is 5.11 Å². The van der Waals surface area contributed by atoms with E-state index in [4.69, 9.17) is 0 Å². The highest BCUT2D eigenvalue weighted by Gasteiger charge is 2.08. The van der Waals surface area contributed by atoms with Gasteiger partial charge in [-0.05, 0) is 18.6 Å². The van der Waals surface area contributed by atoms with Crippen LogP contribution in [0.25, 0.3) is 0 Å². The van der Waals surface area contributed by atoms with Gasteiger partial charge in [-0.25, -0.2) is 9.97 Å². The van der Waals surface area contributed by atoms with Gasteiger partial charge >= 0.3 is 0 Å². The molecule has 2 aromatic rings. The quantitative estimate of drug-likeness (QED) is 0.850. The van der Waals surface area contributed by atoms with E-state index in [1.54, 1.807) is 0 Å². The Kier molecular flexibility index (Phi) is 3.27. The summed E-state index contributed by atoms with van der Waals surface area (Å²) >= 11 is 0. The number of aliphatic hydroxyl groups is 1. The monoisotopic (exact) mass is 214 g/mol. The third-order valence-electron chi connectivity index (χ3n) is 2.45. The molecule has 0 radical (unpaired) electrons. The fourth-order valence-corrected chi connectivity index (χ4v) is 1.61. The van der Waals surface area contributed by atoms with Crippen molar-refractivity contribution in [1.29, 1.82) is 0 Å². The zero-order valence-electron chi connectivity index (χ0n) is 9.17. The lowest BCUT2D eigenvalue weighted by Crippen LogP contribution is -2.03. The van der Waals surface area contributed by atoms with Crippen LogP contribution in [0.15, 0.2) is 42.7 Å². The SMILES string of the molecule is Cc1cc(CC(O)c2ccccc2)ncn1. The Morgan fingerprint density at radius 3 is 2.62 bits per heavy atom. The van der Waals surface area contributed by atoms with E-state index in [1.165, 1.54) is 6.33 Å². The van der Waals surface area contributed by atoms with Crippen LogP contribution in [0.2, 0.25) is 0 Å². The maximum Gasteiger partial charge on any atom is 0.115 e. The van der Waals surface area contributed by atoms with Crippen molar-refractivity contribution in [2.24, 2.45) is 0 Å². The molecular formula is C13H14N2O. The average molecular weight is 214 g/mol. The molecule has 1 atom stereocenters. The summed E-state index contributed by atoms with van der Waals surface area (Å²) < 4.78 is 0. The Morgan fingerprint density at radius 1 is 1.19 bits per heavy atom. The Hall–Kier alpha value is -1.74. The average Bonchev–Trinajstić information content (AvgIpc) is 2.30. The molecule has 16 heavy (non-hydrogen) atoms. The van der Waals surface area contributed by atoms with Crippen LogP contribution in [-0.2, 0) is 6.42 Å². The van der Waals surface area contributed by atoms with E-state index in [0.717, 1.165) is 17.0 Å². The summed E-state index contributed by atoms with van der Waals surface area (Å²) in [5, 5.41) is 10.0. The fourth-order valence-electron chi connectivity index (χ4n) is 1.61. The van der Waals surface area contributed by atoms with E-state index in [-0.39, 0.29) is 0 Å². The van der Waals surface area contributed by atoms with E-state index in [1.807, 2.05) is 43.3 Å². The molecule has 1 aromatic heterocycles. The molecule has 0 saturated carbocycles. The smallest absolute Gasteiger partial charge is 0.115 e. The second-order valence-electron chi connectivity index (χ2n) is 3.78. The maximum atomic E-state index is 10.0. The van der Waals surface area contributed by atoms with Gasteiger partial charge in [0, 0.05) is 17.8 Å². The summed E-state index contributed by atoms with van der Waals surface area (Å²) in [5.41, 5.74) is 2.70. The van der Waals surface area contributed by atoms with Gasteiger partial charge in [-0.1, -0.05) is 30.3 Å². The Morgan fingerprint density at radius 2 is 1.94 bits per heavy atom. The van der Waals surface area contributed by atoms with Crippen molar-refractivity contribution in [1.82, 2.24) is 9.97 Å². The van der Waals surface area contributed by atoms with Crippen LogP contribution < -0.4 is 0 Å². The highest BCUT2D eigenvalue weighted by Crippen LogP contribution is 2.16. The number of aryl methyl sites for hydroxylation is 1. The standard InChI is InChI=1S/C13H14N2O/c1-10-7-12(15-9-14-10)8-13(16)11-5-3-2-4-6-11/h2-7,9,13,16H,8H2,1H3. The number of aliphatic hydroxyl groups excluding tert-OH is 1. The first-order valence-electron chi connectivity index (χ1n) is 5.26. The van der Waals surface area contributed by atoms with E-state index in [2.05, 4.69) is 9.97 Å². The number of aromatic nitrogens is 2. The normalized spacial score (nSPS) is 12.4. The Labute approximate surface area is 94.8 Å². The van der Waals surface area contributed by atoms with Gasteiger partial charge in [-0.3, -0.25) is 0 Å². The van der Waals surface area contributed by atoms with Gasteiger partial charge in [0.1, 0.15) is 6.33 Å². The van der Waals surface area contributed by atoms with Crippen molar-refractivity contribution in [3.63, 3.8) is 0 Å². The van der Waals surface area contributed by atoms with E-state index < -0.39 is 6.10 Å². The summed E-state index contributed by atoms with van der Waals surface area (Å²) in [5.74, 6) is 0. The first kappa shape index (κ1) is 10.8. The van der Waals surface area contributed by atoms with Crippen molar-refractivity contribution in [3.05, 3.63) is 59.7 Å². The maximum absolute atomic E-state index is 10.0. The number of hydrogen-bond acceptors (Lipinski definition) is 3. The number of rotatable bonds is 3.